The standard InChI is InChI=1S/C26H19F3O5/c1-14-10-15(2)12-18(11-14)32-23-22(30)20-9-8-17(13-21(20)34-24(23)26(27,28)29)33-25(31)19-7-5-4-6-16(19)3/h4-13H,1-3H3. The zero-order valence-electron chi connectivity index (χ0n) is 18.4. The average molecular weight is 468 g/mol. The second-order valence-corrected chi connectivity index (χ2v) is 7.88. The van der Waals surface area contributed by atoms with E-state index < -0.39 is 29.1 Å². The van der Waals surface area contributed by atoms with E-state index in [4.69, 9.17) is 13.9 Å². The Morgan fingerprint density at radius 2 is 1.56 bits per heavy atom. The number of halogens is 3. The monoisotopic (exact) mass is 468 g/mol. The van der Waals surface area contributed by atoms with Gasteiger partial charge in [0.15, 0.2) is 0 Å². The molecule has 8 heteroatoms. The van der Waals surface area contributed by atoms with E-state index in [-0.39, 0.29) is 22.5 Å². The molecule has 0 fully saturated rings. The van der Waals surface area contributed by atoms with Gasteiger partial charge in [-0.05, 0) is 67.8 Å². The molecule has 34 heavy (non-hydrogen) atoms. The zero-order chi connectivity index (χ0) is 24.6. The summed E-state index contributed by atoms with van der Waals surface area (Å²) in [6.45, 7) is 5.24. The molecule has 1 aromatic heterocycles. The normalized spacial score (nSPS) is 11.5. The van der Waals surface area contributed by atoms with Crippen LogP contribution < -0.4 is 14.9 Å². The van der Waals surface area contributed by atoms with Crippen LogP contribution in [0.25, 0.3) is 11.0 Å². The summed E-state index contributed by atoms with van der Waals surface area (Å²) < 4.78 is 57.2. The highest BCUT2D eigenvalue weighted by Gasteiger charge is 2.40. The van der Waals surface area contributed by atoms with Crippen molar-refractivity contribution in [1.82, 2.24) is 0 Å². The quantitative estimate of drug-likeness (QED) is 0.245. The lowest BCUT2D eigenvalue weighted by atomic mass is 10.1. The molecule has 0 spiro atoms. The minimum Gasteiger partial charge on any atom is -0.449 e. The van der Waals surface area contributed by atoms with Gasteiger partial charge >= 0.3 is 12.1 Å². The second-order valence-electron chi connectivity index (χ2n) is 7.88. The average Bonchev–Trinajstić information content (AvgIpc) is 2.74. The maximum Gasteiger partial charge on any atom is 0.453 e. The summed E-state index contributed by atoms with van der Waals surface area (Å²) in [5.74, 6) is -3.22. The van der Waals surface area contributed by atoms with Crippen molar-refractivity contribution in [1.29, 1.82) is 0 Å². The van der Waals surface area contributed by atoms with E-state index in [9.17, 15) is 22.8 Å². The maximum absolute atomic E-state index is 13.8. The highest BCUT2D eigenvalue weighted by molar-refractivity contribution is 5.93. The van der Waals surface area contributed by atoms with Gasteiger partial charge in [0.05, 0.1) is 10.9 Å². The number of rotatable bonds is 4. The lowest BCUT2D eigenvalue weighted by Gasteiger charge is -2.14. The highest BCUT2D eigenvalue weighted by Crippen LogP contribution is 2.39. The molecule has 4 aromatic rings. The molecule has 0 radical (unpaired) electrons. The molecule has 0 N–H and O–H groups in total. The fraction of sp³-hybridized carbons (Fsp3) is 0.154. The van der Waals surface area contributed by atoms with Gasteiger partial charge < -0.3 is 13.9 Å². The minimum absolute atomic E-state index is 0.0694. The Balaban J connectivity index is 1.78. The molecular weight excluding hydrogens is 449 g/mol. The molecule has 4 rings (SSSR count). The zero-order valence-corrected chi connectivity index (χ0v) is 18.4. The number of hydrogen-bond acceptors (Lipinski definition) is 5. The van der Waals surface area contributed by atoms with E-state index in [1.807, 2.05) is 6.07 Å². The van der Waals surface area contributed by atoms with Crippen LogP contribution in [0.15, 0.2) is 69.9 Å². The number of esters is 1. The third-order valence-corrected chi connectivity index (χ3v) is 5.07. The van der Waals surface area contributed by atoms with E-state index >= 15 is 0 Å². The molecule has 0 amide bonds. The first-order valence-corrected chi connectivity index (χ1v) is 10.2. The first-order chi connectivity index (χ1) is 16.0. The van der Waals surface area contributed by atoms with Crippen LogP contribution in [0.5, 0.6) is 17.2 Å². The van der Waals surface area contributed by atoms with Crippen LogP contribution >= 0.6 is 0 Å². The summed E-state index contributed by atoms with van der Waals surface area (Å²) in [5, 5.41) is -0.150. The van der Waals surface area contributed by atoms with E-state index in [2.05, 4.69) is 0 Å². The number of carbonyl (C=O) groups is 1. The number of fused-ring (bicyclic) bond motifs is 1. The minimum atomic E-state index is -5.00. The Morgan fingerprint density at radius 3 is 2.21 bits per heavy atom. The van der Waals surface area contributed by atoms with Gasteiger partial charge in [0.25, 0.3) is 5.76 Å². The van der Waals surface area contributed by atoms with Crippen LogP contribution in [-0.4, -0.2) is 5.97 Å². The summed E-state index contributed by atoms with van der Waals surface area (Å²) >= 11 is 0. The van der Waals surface area contributed by atoms with E-state index in [1.165, 1.54) is 24.3 Å². The number of hydrogen-bond donors (Lipinski definition) is 0. The van der Waals surface area contributed by atoms with Crippen molar-refractivity contribution in [3.8, 4) is 17.2 Å². The van der Waals surface area contributed by atoms with Gasteiger partial charge in [-0.2, -0.15) is 13.2 Å². The number of alkyl halides is 3. The van der Waals surface area contributed by atoms with Gasteiger partial charge in [-0.25, -0.2) is 4.79 Å². The van der Waals surface area contributed by atoms with Crippen LogP contribution in [0, 0.1) is 20.8 Å². The predicted molar refractivity (Wildman–Crippen MR) is 120 cm³/mol. The Labute approximate surface area is 192 Å². The summed E-state index contributed by atoms with van der Waals surface area (Å²) in [6, 6.07) is 15.2. The molecule has 0 unspecified atom stereocenters. The summed E-state index contributed by atoms with van der Waals surface area (Å²) in [7, 11) is 0. The van der Waals surface area contributed by atoms with Gasteiger partial charge in [0.1, 0.15) is 17.1 Å². The fourth-order valence-corrected chi connectivity index (χ4v) is 3.57. The van der Waals surface area contributed by atoms with E-state index in [0.29, 0.717) is 11.1 Å². The van der Waals surface area contributed by atoms with Crippen LogP contribution in [0.3, 0.4) is 0 Å². The Bertz CT molecular complexity index is 1450. The van der Waals surface area contributed by atoms with E-state index in [0.717, 1.165) is 17.2 Å². The van der Waals surface area contributed by atoms with Crippen molar-refractivity contribution in [3.63, 3.8) is 0 Å². The summed E-state index contributed by atoms with van der Waals surface area (Å²) in [4.78, 5) is 25.4. The molecule has 174 valence electrons. The number of benzene rings is 3. The lowest BCUT2D eigenvalue weighted by molar-refractivity contribution is -0.154. The van der Waals surface area contributed by atoms with Crippen molar-refractivity contribution in [2.45, 2.75) is 26.9 Å². The van der Waals surface area contributed by atoms with Gasteiger partial charge in [-0.1, -0.05) is 24.3 Å². The molecule has 0 atom stereocenters. The molecule has 0 aliphatic heterocycles. The van der Waals surface area contributed by atoms with Crippen molar-refractivity contribution in [2.75, 3.05) is 0 Å². The van der Waals surface area contributed by atoms with Crippen LogP contribution in [0.2, 0.25) is 0 Å². The Morgan fingerprint density at radius 1 is 0.882 bits per heavy atom. The molecule has 5 nitrogen and oxygen atoms in total. The summed E-state index contributed by atoms with van der Waals surface area (Å²) in [5.41, 5.74) is 1.11. The first-order valence-electron chi connectivity index (χ1n) is 10.2. The van der Waals surface area contributed by atoms with Crippen molar-refractivity contribution >= 4 is 16.9 Å². The number of aryl methyl sites for hydroxylation is 3. The molecule has 0 saturated heterocycles. The van der Waals surface area contributed by atoms with E-state index in [1.54, 1.807) is 45.0 Å². The predicted octanol–water partition coefficient (Wildman–Crippen LogP) is 6.75. The highest BCUT2D eigenvalue weighted by atomic mass is 19.4. The smallest absolute Gasteiger partial charge is 0.449 e. The van der Waals surface area contributed by atoms with Crippen LogP contribution in [0.1, 0.15) is 32.8 Å². The van der Waals surface area contributed by atoms with Gasteiger partial charge in [-0.3, -0.25) is 4.79 Å². The molecule has 1 heterocycles. The van der Waals surface area contributed by atoms with Gasteiger partial charge in [0.2, 0.25) is 11.2 Å². The van der Waals surface area contributed by atoms with Gasteiger partial charge in [-0.15, -0.1) is 0 Å². The fourth-order valence-electron chi connectivity index (χ4n) is 3.57. The Kier molecular flexibility index (Phi) is 5.91. The SMILES string of the molecule is Cc1cc(C)cc(Oc2c(C(F)(F)F)oc3cc(OC(=O)c4ccccc4C)ccc3c2=O)c1. The van der Waals surface area contributed by atoms with Crippen molar-refractivity contribution < 1.29 is 31.9 Å². The lowest BCUT2D eigenvalue weighted by Crippen LogP contribution is -2.16. The van der Waals surface area contributed by atoms with Crippen molar-refractivity contribution in [3.05, 3.63) is 98.9 Å². The molecular formula is C26H19F3O5. The largest absolute Gasteiger partial charge is 0.453 e. The third-order valence-electron chi connectivity index (χ3n) is 5.07. The molecule has 0 bridgehead atoms. The number of ether oxygens (including phenoxy) is 2. The third kappa shape index (κ3) is 4.66. The van der Waals surface area contributed by atoms with Crippen LogP contribution in [0.4, 0.5) is 13.2 Å². The summed E-state index contributed by atoms with van der Waals surface area (Å²) in [6.07, 6.45) is -5.00. The maximum atomic E-state index is 13.8. The van der Waals surface area contributed by atoms with Crippen LogP contribution in [-0.2, 0) is 6.18 Å². The molecule has 0 aliphatic carbocycles. The van der Waals surface area contributed by atoms with Crippen molar-refractivity contribution in [2.24, 2.45) is 0 Å². The molecule has 0 aliphatic rings. The number of carbonyl (C=O) groups excluding carboxylic acids is 1. The molecule has 3 aromatic carbocycles. The van der Waals surface area contributed by atoms with Gasteiger partial charge in [0, 0.05) is 6.07 Å². The first kappa shape index (κ1) is 23.1. The second kappa shape index (κ2) is 8.70. The Hall–Kier alpha value is -4.07. The molecule has 0 saturated carbocycles. The topological polar surface area (TPSA) is 65.7 Å².